The summed E-state index contributed by atoms with van der Waals surface area (Å²) in [6, 6.07) is 2.17. The number of rotatable bonds is 1. The van der Waals surface area contributed by atoms with Crippen LogP contribution in [0.5, 0.6) is 0 Å². The second-order valence-electron chi connectivity index (χ2n) is 5.76. The van der Waals surface area contributed by atoms with E-state index in [4.69, 9.17) is 10.5 Å². The first-order chi connectivity index (χ1) is 8.35. The van der Waals surface area contributed by atoms with Crippen molar-refractivity contribution in [1.82, 2.24) is 9.47 Å². The van der Waals surface area contributed by atoms with Gasteiger partial charge in [-0.1, -0.05) is 0 Å². The van der Waals surface area contributed by atoms with Crippen LogP contribution in [0.4, 0.5) is 10.5 Å². The van der Waals surface area contributed by atoms with Crippen molar-refractivity contribution in [2.24, 2.45) is 0 Å². The standard InChI is InChI=1S/C13H21N3O2/c1-13(2,3)18-12(17)16-7-5-11(9-16)15-6-4-10(14)8-15/h4,6,8,11H,5,7,9,14H2,1-3H3/t11-/m1/s1. The van der Waals surface area contributed by atoms with E-state index in [0.29, 0.717) is 12.6 Å². The first-order valence-corrected chi connectivity index (χ1v) is 6.26. The quantitative estimate of drug-likeness (QED) is 0.832. The molecular formula is C13H21N3O2. The molecule has 5 heteroatoms. The Labute approximate surface area is 108 Å². The fourth-order valence-electron chi connectivity index (χ4n) is 2.13. The Morgan fingerprint density at radius 3 is 2.78 bits per heavy atom. The highest BCUT2D eigenvalue weighted by atomic mass is 16.6. The Morgan fingerprint density at radius 2 is 2.22 bits per heavy atom. The highest BCUT2D eigenvalue weighted by molar-refractivity contribution is 5.68. The Bertz CT molecular complexity index is 434. The van der Waals surface area contributed by atoms with Crippen LogP contribution in [0, 0.1) is 0 Å². The van der Waals surface area contributed by atoms with Crippen molar-refractivity contribution in [1.29, 1.82) is 0 Å². The molecule has 1 aliphatic rings. The molecular weight excluding hydrogens is 230 g/mol. The number of ether oxygens (including phenoxy) is 1. The van der Waals surface area contributed by atoms with Crippen LogP contribution in [0.2, 0.25) is 0 Å². The molecule has 2 N–H and O–H groups in total. The minimum atomic E-state index is -0.437. The molecule has 1 atom stereocenters. The molecule has 100 valence electrons. The van der Waals surface area contributed by atoms with Crippen molar-refractivity contribution < 1.29 is 9.53 Å². The van der Waals surface area contributed by atoms with Crippen molar-refractivity contribution in [2.45, 2.75) is 38.8 Å². The van der Waals surface area contributed by atoms with Crippen LogP contribution in [-0.4, -0.2) is 34.3 Å². The van der Waals surface area contributed by atoms with Gasteiger partial charge < -0.3 is 19.9 Å². The van der Waals surface area contributed by atoms with Crippen molar-refractivity contribution in [3.8, 4) is 0 Å². The molecule has 1 aromatic heterocycles. The van der Waals surface area contributed by atoms with Crippen molar-refractivity contribution in [3.63, 3.8) is 0 Å². The van der Waals surface area contributed by atoms with Gasteiger partial charge in [-0.3, -0.25) is 0 Å². The summed E-state index contributed by atoms with van der Waals surface area (Å²) in [4.78, 5) is 13.7. The maximum Gasteiger partial charge on any atom is 0.410 e. The third kappa shape index (κ3) is 2.97. The average molecular weight is 251 g/mol. The monoisotopic (exact) mass is 251 g/mol. The second kappa shape index (κ2) is 4.55. The van der Waals surface area contributed by atoms with Crippen LogP contribution in [0.25, 0.3) is 0 Å². The SMILES string of the molecule is CC(C)(C)OC(=O)N1CC[C@@H](n2ccc(N)c2)C1. The van der Waals surface area contributed by atoms with Crippen LogP contribution in [-0.2, 0) is 4.74 Å². The predicted octanol–water partition coefficient (Wildman–Crippen LogP) is 2.25. The Kier molecular flexibility index (Phi) is 3.24. The number of hydrogen-bond acceptors (Lipinski definition) is 3. The van der Waals surface area contributed by atoms with Gasteiger partial charge in [-0.2, -0.15) is 0 Å². The molecule has 18 heavy (non-hydrogen) atoms. The number of nitrogens with two attached hydrogens (primary N) is 1. The third-order valence-electron chi connectivity index (χ3n) is 2.97. The second-order valence-corrected chi connectivity index (χ2v) is 5.76. The minimum Gasteiger partial charge on any atom is -0.444 e. The molecule has 0 radical (unpaired) electrons. The smallest absolute Gasteiger partial charge is 0.410 e. The van der Waals surface area contributed by atoms with E-state index in [1.165, 1.54) is 0 Å². The Morgan fingerprint density at radius 1 is 1.50 bits per heavy atom. The fourth-order valence-corrected chi connectivity index (χ4v) is 2.13. The third-order valence-corrected chi connectivity index (χ3v) is 2.97. The van der Waals surface area contributed by atoms with Crippen LogP contribution in [0.1, 0.15) is 33.2 Å². The van der Waals surface area contributed by atoms with Gasteiger partial charge in [0.05, 0.1) is 6.04 Å². The number of anilines is 1. The summed E-state index contributed by atoms with van der Waals surface area (Å²) in [6.07, 6.45) is 4.57. The number of carbonyl (C=O) groups excluding carboxylic acids is 1. The summed E-state index contributed by atoms with van der Waals surface area (Å²) in [5.41, 5.74) is 6.02. The molecule has 0 aliphatic carbocycles. The summed E-state index contributed by atoms with van der Waals surface area (Å²) >= 11 is 0. The molecule has 2 rings (SSSR count). The fraction of sp³-hybridized carbons (Fsp3) is 0.615. The first-order valence-electron chi connectivity index (χ1n) is 6.26. The maximum atomic E-state index is 11.9. The number of likely N-dealkylation sites (tertiary alicyclic amines) is 1. The Balaban J connectivity index is 1.94. The number of carbonyl (C=O) groups is 1. The van der Waals surface area contributed by atoms with E-state index >= 15 is 0 Å². The number of nitrogen functional groups attached to an aromatic ring is 1. The van der Waals surface area contributed by atoms with Gasteiger partial charge in [0.15, 0.2) is 0 Å². The topological polar surface area (TPSA) is 60.5 Å². The lowest BCUT2D eigenvalue weighted by atomic mass is 10.2. The molecule has 1 aliphatic heterocycles. The average Bonchev–Trinajstić information content (AvgIpc) is 2.82. The lowest BCUT2D eigenvalue weighted by Gasteiger charge is -2.24. The van der Waals surface area contributed by atoms with E-state index in [2.05, 4.69) is 4.57 Å². The van der Waals surface area contributed by atoms with Crippen molar-refractivity contribution in [2.75, 3.05) is 18.8 Å². The van der Waals surface area contributed by atoms with Crippen LogP contribution in [0.15, 0.2) is 18.5 Å². The molecule has 0 saturated carbocycles. The number of hydrogen-bond donors (Lipinski definition) is 1. The van der Waals surface area contributed by atoms with E-state index in [1.807, 2.05) is 39.2 Å². The van der Waals surface area contributed by atoms with E-state index < -0.39 is 5.60 Å². The first kappa shape index (κ1) is 12.8. The lowest BCUT2D eigenvalue weighted by molar-refractivity contribution is 0.0289. The Hall–Kier alpha value is -1.65. The van der Waals surface area contributed by atoms with Gasteiger partial charge in [-0.25, -0.2) is 4.79 Å². The number of aromatic nitrogens is 1. The van der Waals surface area contributed by atoms with Crippen LogP contribution in [0.3, 0.4) is 0 Å². The zero-order valence-electron chi connectivity index (χ0n) is 11.2. The zero-order chi connectivity index (χ0) is 13.3. The summed E-state index contributed by atoms with van der Waals surface area (Å²) in [5, 5.41) is 0. The molecule has 0 spiro atoms. The molecule has 1 saturated heterocycles. The van der Waals surface area contributed by atoms with Crippen molar-refractivity contribution in [3.05, 3.63) is 18.5 Å². The summed E-state index contributed by atoms with van der Waals surface area (Å²) in [7, 11) is 0. The number of amides is 1. The largest absolute Gasteiger partial charge is 0.444 e. The van der Waals surface area contributed by atoms with Gasteiger partial charge in [0.25, 0.3) is 0 Å². The van der Waals surface area contributed by atoms with E-state index in [-0.39, 0.29) is 6.09 Å². The van der Waals surface area contributed by atoms with Gasteiger partial charge in [0.2, 0.25) is 0 Å². The molecule has 1 aromatic rings. The molecule has 1 fully saturated rings. The molecule has 0 aromatic carbocycles. The highest BCUT2D eigenvalue weighted by Crippen LogP contribution is 2.24. The van der Waals surface area contributed by atoms with Crippen LogP contribution < -0.4 is 5.73 Å². The molecule has 1 amide bonds. The maximum absolute atomic E-state index is 11.9. The van der Waals surface area contributed by atoms with Crippen LogP contribution >= 0.6 is 0 Å². The van der Waals surface area contributed by atoms with Gasteiger partial charge in [-0.05, 0) is 33.3 Å². The van der Waals surface area contributed by atoms with Crippen molar-refractivity contribution >= 4 is 11.8 Å². The summed E-state index contributed by atoms with van der Waals surface area (Å²) in [6.45, 7) is 7.06. The molecule has 0 bridgehead atoms. The molecule has 5 nitrogen and oxygen atoms in total. The summed E-state index contributed by atoms with van der Waals surface area (Å²) in [5.74, 6) is 0. The van der Waals surface area contributed by atoms with E-state index in [9.17, 15) is 4.79 Å². The van der Waals surface area contributed by atoms with Gasteiger partial charge >= 0.3 is 6.09 Å². The minimum absolute atomic E-state index is 0.231. The predicted molar refractivity (Wildman–Crippen MR) is 70.3 cm³/mol. The molecule has 0 unspecified atom stereocenters. The van der Waals surface area contributed by atoms with Gasteiger partial charge in [-0.15, -0.1) is 0 Å². The lowest BCUT2D eigenvalue weighted by Crippen LogP contribution is -2.35. The van der Waals surface area contributed by atoms with Gasteiger partial charge in [0.1, 0.15) is 5.60 Å². The molecule has 2 heterocycles. The summed E-state index contributed by atoms with van der Waals surface area (Å²) < 4.78 is 7.43. The van der Waals surface area contributed by atoms with E-state index in [0.717, 1.165) is 18.7 Å². The highest BCUT2D eigenvalue weighted by Gasteiger charge is 2.30. The zero-order valence-corrected chi connectivity index (χ0v) is 11.2. The van der Waals surface area contributed by atoms with Gasteiger partial charge in [0, 0.05) is 31.2 Å². The normalized spacial score (nSPS) is 20.2. The number of nitrogens with zero attached hydrogens (tertiary/aromatic N) is 2. The van der Waals surface area contributed by atoms with E-state index in [1.54, 1.807) is 4.90 Å².